The molecule has 6 heteroatoms. The molecule has 80 valence electrons. The lowest BCUT2D eigenvalue weighted by Gasteiger charge is -2.10. The standard InChI is InChI=1S/C9H9BrClN3S/c1-14-9(6(11)3-13-14)8(12)7-2-5(10)4-15-7/h2-4,8H,12H2,1H3. The second-order valence-electron chi connectivity index (χ2n) is 3.15. The van der Waals surface area contributed by atoms with Crippen molar-refractivity contribution in [2.75, 3.05) is 0 Å². The SMILES string of the molecule is Cn1ncc(Cl)c1C(N)c1cc(Br)cs1. The molecule has 0 bridgehead atoms. The average Bonchev–Trinajstić information content (AvgIpc) is 2.73. The molecule has 0 spiro atoms. The molecule has 0 aliphatic rings. The smallest absolute Gasteiger partial charge is 0.0837 e. The quantitative estimate of drug-likeness (QED) is 0.927. The molecule has 0 aliphatic heterocycles. The van der Waals surface area contributed by atoms with Gasteiger partial charge in [-0.05, 0) is 22.0 Å². The molecule has 2 N–H and O–H groups in total. The Hall–Kier alpha value is -0.360. The third-order valence-corrected chi connectivity index (χ3v) is 4.19. The van der Waals surface area contributed by atoms with Crippen LogP contribution in [0.3, 0.4) is 0 Å². The van der Waals surface area contributed by atoms with Crippen LogP contribution in [0.1, 0.15) is 16.6 Å². The first-order valence-corrected chi connectivity index (χ1v) is 6.31. The minimum absolute atomic E-state index is 0.221. The van der Waals surface area contributed by atoms with Crippen LogP contribution >= 0.6 is 38.9 Å². The molecule has 0 aliphatic carbocycles. The van der Waals surface area contributed by atoms with Gasteiger partial charge in [-0.1, -0.05) is 11.6 Å². The Morgan fingerprint density at radius 3 is 2.87 bits per heavy atom. The molecule has 1 unspecified atom stereocenters. The van der Waals surface area contributed by atoms with Gasteiger partial charge in [0.1, 0.15) is 0 Å². The first kappa shape index (κ1) is 11.1. The second kappa shape index (κ2) is 4.25. The van der Waals surface area contributed by atoms with E-state index in [-0.39, 0.29) is 6.04 Å². The van der Waals surface area contributed by atoms with Gasteiger partial charge in [0.2, 0.25) is 0 Å². The highest BCUT2D eigenvalue weighted by molar-refractivity contribution is 9.10. The van der Waals surface area contributed by atoms with Crippen molar-refractivity contribution in [1.82, 2.24) is 9.78 Å². The topological polar surface area (TPSA) is 43.8 Å². The van der Waals surface area contributed by atoms with Crippen LogP contribution in [-0.2, 0) is 7.05 Å². The van der Waals surface area contributed by atoms with E-state index in [0.717, 1.165) is 15.0 Å². The van der Waals surface area contributed by atoms with E-state index >= 15 is 0 Å². The van der Waals surface area contributed by atoms with E-state index < -0.39 is 0 Å². The highest BCUT2D eigenvalue weighted by Gasteiger charge is 2.18. The van der Waals surface area contributed by atoms with Gasteiger partial charge >= 0.3 is 0 Å². The Balaban J connectivity index is 2.40. The van der Waals surface area contributed by atoms with Crippen LogP contribution in [0.25, 0.3) is 0 Å². The molecule has 0 radical (unpaired) electrons. The molecule has 0 aromatic carbocycles. The highest BCUT2D eigenvalue weighted by Crippen LogP contribution is 2.31. The molecule has 2 rings (SSSR count). The number of thiophene rings is 1. The fourth-order valence-corrected chi connectivity index (χ4v) is 3.13. The van der Waals surface area contributed by atoms with Crippen LogP contribution in [-0.4, -0.2) is 9.78 Å². The Morgan fingerprint density at radius 2 is 2.40 bits per heavy atom. The Kier molecular flexibility index (Phi) is 3.16. The van der Waals surface area contributed by atoms with Crippen LogP contribution in [0.2, 0.25) is 5.02 Å². The predicted molar refractivity (Wildman–Crippen MR) is 66.3 cm³/mol. The van der Waals surface area contributed by atoms with Crippen molar-refractivity contribution < 1.29 is 0 Å². The third kappa shape index (κ3) is 2.10. The highest BCUT2D eigenvalue weighted by atomic mass is 79.9. The Morgan fingerprint density at radius 1 is 1.67 bits per heavy atom. The summed E-state index contributed by atoms with van der Waals surface area (Å²) in [7, 11) is 1.84. The Labute approximate surface area is 105 Å². The molecule has 0 fully saturated rings. The minimum Gasteiger partial charge on any atom is -0.318 e. The van der Waals surface area contributed by atoms with Gasteiger partial charge in [-0.2, -0.15) is 5.10 Å². The monoisotopic (exact) mass is 305 g/mol. The van der Waals surface area contributed by atoms with Crippen LogP contribution in [0, 0.1) is 0 Å². The summed E-state index contributed by atoms with van der Waals surface area (Å²) in [6.45, 7) is 0. The van der Waals surface area contributed by atoms with Crippen molar-refractivity contribution in [2.45, 2.75) is 6.04 Å². The van der Waals surface area contributed by atoms with Crippen LogP contribution in [0.15, 0.2) is 22.1 Å². The van der Waals surface area contributed by atoms with Crippen molar-refractivity contribution in [3.63, 3.8) is 0 Å². The maximum absolute atomic E-state index is 6.12. The lowest BCUT2D eigenvalue weighted by molar-refractivity contribution is 0.678. The van der Waals surface area contributed by atoms with Gasteiger partial charge < -0.3 is 5.73 Å². The van der Waals surface area contributed by atoms with Crippen molar-refractivity contribution in [2.24, 2.45) is 12.8 Å². The fraction of sp³-hybridized carbons (Fsp3) is 0.222. The van der Waals surface area contributed by atoms with Gasteiger partial charge in [-0.25, -0.2) is 0 Å². The molecule has 1 atom stereocenters. The number of rotatable bonds is 2. The minimum atomic E-state index is -0.221. The van der Waals surface area contributed by atoms with Gasteiger partial charge in [0.05, 0.1) is 23.0 Å². The van der Waals surface area contributed by atoms with Crippen molar-refractivity contribution in [1.29, 1.82) is 0 Å². The molecule has 2 heterocycles. The van der Waals surface area contributed by atoms with E-state index in [2.05, 4.69) is 21.0 Å². The molecular weight excluding hydrogens is 298 g/mol. The van der Waals surface area contributed by atoms with Gasteiger partial charge in [0.15, 0.2) is 0 Å². The van der Waals surface area contributed by atoms with Crippen molar-refractivity contribution in [3.8, 4) is 0 Å². The number of nitrogens with zero attached hydrogens (tertiary/aromatic N) is 2. The molecule has 0 saturated carbocycles. The zero-order chi connectivity index (χ0) is 11.0. The van der Waals surface area contributed by atoms with Gasteiger partial charge in [-0.3, -0.25) is 4.68 Å². The van der Waals surface area contributed by atoms with Crippen molar-refractivity contribution >= 4 is 38.9 Å². The summed E-state index contributed by atoms with van der Waals surface area (Å²) in [6.07, 6.45) is 1.61. The third-order valence-electron chi connectivity index (χ3n) is 2.13. The number of aryl methyl sites for hydroxylation is 1. The van der Waals surface area contributed by atoms with Gasteiger partial charge in [0.25, 0.3) is 0 Å². The lowest BCUT2D eigenvalue weighted by atomic mass is 10.2. The number of aromatic nitrogens is 2. The van der Waals surface area contributed by atoms with E-state index in [4.69, 9.17) is 17.3 Å². The summed E-state index contributed by atoms with van der Waals surface area (Å²) in [6, 6.07) is 1.78. The zero-order valence-corrected chi connectivity index (χ0v) is 11.1. The summed E-state index contributed by atoms with van der Waals surface area (Å²) >= 11 is 11.0. The van der Waals surface area contributed by atoms with E-state index in [1.807, 2.05) is 18.5 Å². The summed E-state index contributed by atoms with van der Waals surface area (Å²) in [4.78, 5) is 1.06. The fourth-order valence-electron chi connectivity index (χ4n) is 1.40. The average molecular weight is 307 g/mol. The number of nitrogens with two attached hydrogens (primary N) is 1. The molecule has 15 heavy (non-hydrogen) atoms. The van der Waals surface area contributed by atoms with E-state index in [1.165, 1.54) is 0 Å². The molecule has 2 aromatic heterocycles. The Bertz CT molecular complexity index is 460. The van der Waals surface area contributed by atoms with Crippen LogP contribution in [0.5, 0.6) is 0 Å². The van der Waals surface area contributed by atoms with Gasteiger partial charge in [-0.15, -0.1) is 11.3 Å². The normalized spacial score (nSPS) is 13.1. The van der Waals surface area contributed by atoms with E-state index in [0.29, 0.717) is 5.02 Å². The van der Waals surface area contributed by atoms with Gasteiger partial charge in [0, 0.05) is 21.8 Å². The zero-order valence-electron chi connectivity index (χ0n) is 7.95. The number of halogens is 2. The lowest BCUT2D eigenvalue weighted by Crippen LogP contribution is -2.15. The first-order chi connectivity index (χ1) is 7.09. The maximum Gasteiger partial charge on any atom is 0.0837 e. The number of hydrogen-bond acceptors (Lipinski definition) is 3. The van der Waals surface area contributed by atoms with Crippen LogP contribution < -0.4 is 5.73 Å². The molecule has 3 nitrogen and oxygen atoms in total. The second-order valence-corrected chi connectivity index (χ2v) is 5.41. The molecule has 0 saturated heterocycles. The maximum atomic E-state index is 6.12. The largest absolute Gasteiger partial charge is 0.318 e. The van der Waals surface area contributed by atoms with Crippen LogP contribution in [0.4, 0.5) is 0 Å². The molecule has 0 amide bonds. The summed E-state index contributed by atoms with van der Waals surface area (Å²) in [5, 5.41) is 6.67. The van der Waals surface area contributed by atoms with E-state index in [9.17, 15) is 0 Å². The molecular formula is C9H9BrClN3S. The van der Waals surface area contributed by atoms with E-state index in [1.54, 1.807) is 22.2 Å². The summed E-state index contributed by atoms with van der Waals surface area (Å²) < 4.78 is 2.75. The molecule has 2 aromatic rings. The van der Waals surface area contributed by atoms with Crippen molar-refractivity contribution in [3.05, 3.63) is 37.7 Å². The summed E-state index contributed by atoms with van der Waals surface area (Å²) in [5.74, 6) is 0. The first-order valence-electron chi connectivity index (χ1n) is 4.26. The summed E-state index contributed by atoms with van der Waals surface area (Å²) in [5.41, 5.74) is 6.96. The predicted octanol–water partition coefficient (Wildman–Crippen LogP) is 2.95. The number of hydrogen-bond donors (Lipinski definition) is 1.